The van der Waals surface area contributed by atoms with Gasteiger partial charge in [-0.1, -0.05) is 23.2 Å². The van der Waals surface area contributed by atoms with E-state index in [0.29, 0.717) is 0 Å². The van der Waals surface area contributed by atoms with Crippen LogP contribution in [0.3, 0.4) is 0 Å². The molecule has 0 bridgehead atoms. The Hall–Kier alpha value is -0.940. The molecular weight excluding hydrogens is 304 g/mol. The van der Waals surface area contributed by atoms with Crippen LogP contribution in [-0.2, 0) is 9.53 Å². The molecule has 2 nitrogen and oxygen atoms in total. The van der Waals surface area contributed by atoms with E-state index in [0.717, 1.165) is 0 Å². The maximum absolute atomic E-state index is 12.5. The Balaban J connectivity index is 3.11. The lowest BCUT2D eigenvalue weighted by Gasteiger charge is -2.18. The van der Waals surface area contributed by atoms with Crippen molar-refractivity contribution in [3.8, 4) is 0 Å². The van der Waals surface area contributed by atoms with Crippen molar-refractivity contribution in [3.63, 3.8) is 0 Å². The lowest BCUT2D eigenvalue weighted by atomic mass is 9.95. The van der Waals surface area contributed by atoms with Crippen molar-refractivity contribution in [3.05, 3.63) is 33.8 Å². The van der Waals surface area contributed by atoms with Crippen molar-refractivity contribution < 1.29 is 22.7 Å². The fourth-order valence-corrected chi connectivity index (χ4v) is 2.13. The van der Waals surface area contributed by atoms with Gasteiger partial charge in [0.15, 0.2) is 0 Å². The Morgan fingerprint density at radius 1 is 1.26 bits per heavy atom. The zero-order valence-corrected chi connectivity index (χ0v) is 11.4. The first-order valence-electron chi connectivity index (χ1n) is 5.42. The van der Waals surface area contributed by atoms with Crippen molar-refractivity contribution in [2.75, 3.05) is 6.61 Å². The van der Waals surface area contributed by atoms with Gasteiger partial charge in [-0.25, -0.2) is 0 Å². The first-order chi connectivity index (χ1) is 8.73. The van der Waals surface area contributed by atoms with Crippen molar-refractivity contribution in [1.82, 2.24) is 0 Å². The average Bonchev–Trinajstić information content (AvgIpc) is 2.23. The highest BCUT2D eigenvalue weighted by molar-refractivity contribution is 6.34. The van der Waals surface area contributed by atoms with E-state index in [9.17, 15) is 18.0 Å². The molecule has 0 N–H and O–H groups in total. The van der Waals surface area contributed by atoms with E-state index in [1.54, 1.807) is 0 Å². The standard InChI is InChI=1S/C12H11Cl2F3O2/c1-2-19-11(18)10(6-12(15,16)17)7-3-8(13)5-9(14)4-7/h3-5,10H,2,6H2,1H3. The second kappa shape index (κ2) is 6.48. The molecule has 19 heavy (non-hydrogen) atoms. The molecule has 0 aliphatic rings. The Morgan fingerprint density at radius 3 is 2.21 bits per heavy atom. The number of rotatable bonds is 4. The van der Waals surface area contributed by atoms with Crippen LogP contribution in [0.25, 0.3) is 0 Å². The van der Waals surface area contributed by atoms with Crippen LogP contribution in [0, 0.1) is 0 Å². The van der Waals surface area contributed by atoms with Crippen molar-refractivity contribution in [2.24, 2.45) is 0 Å². The Bertz CT molecular complexity index is 441. The lowest BCUT2D eigenvalue weighted by molar-refractivity contribution is -0.161. The van der Waals surface area contributed by atoms with Crippen LogP contribution in [0.1, 0.15) is 24.8 Å². The molecule has 106 valence electrons. The normalized spacial score (nSPS) is 13.2. The lowest BCUT2D eigenvalue weighted by Crippen LogP contribution is -2.23. The van der Waals surface area contributed by atoms with Gasteiger partial charge in [0.05, 0.1) is 18.9 Å². The van der Waals surface area contributed by atoms with Gasteiger partial charge in [0.25, 0.3) is 0 Å². The van der Waals surface area contributed by atoms with Crippen LogP contribution in [-0.4, -0.2) is 18.8 Å². The predicted octanol–water partition coefficient (Wildman–Crippen LogP) is 4.59. The molecule has 0 saturated heterocycles. The summed E-state index contributed by atoms with van der Waals surface area (Å²) in [5.41, 5.74) is 0.0910. The summed E-state index contributed by atoms with van der Waals surface area (Å²) >= 11 is 11.5. The molecule has 7 heteroatoms. The van der Waals surface area contributed by atoms with Gasteiger partial charge in [0.1, 0.15) is 0 Å². The van der Waals surface area contributed by atoms with Gasteiger partial charge < -0.3 is 4.74 Å². The molecule has 0 radical (unpaired) electrons. The number of carbonyl (C=O) groups excluding carboxylic acids is 1. The first kappa shape index (κ1) is 16.1. The topological polar surface area (TPSA) is 26.3 Å². The van der Waals surface area contributed by atoms with E-state index in [1.165, 1.54) is 25.1 Å². The molecule has 1 atom stereocenters. The summed E-state index contributed by atoms with van der Waals surface area (Å²) in [5, 5.41) is 0.331. The number of benzene rings is 1. The molecule has 1 unspecified atom stereocenters. The maximum atomic E-state index is 12.5. The third-order valence-corrected chi connectivity index (χ3v) is 2.73. The van der Waals surface area contributed by atoms with Crippen molar-refractivity contribution in [1.29, 1.82) is 0 Å². The van der Waals surface area contributed by atoms with Crippen molar-refractivity contribution >= 4 is 29.2 Å². The van der Waals surface area contributed by atoms with Gasteiger partial charge >= 0.3 is 12.1 Å². The molecule has 0 aliphatic heterocycles. The zero-order chi connectivity index (χ0) is 14.6. The molecule has 1 rings (SSSR count). The van der Waals surface area contributed by atoms with E-state index in [1.807, 2.05) is 0 Å². The molecule has 1 aromatic rings. The largest absolute Gasteiger partial charge is 0.466 e. The zero-order valence-electron chi connectivity index (χ0n) is 9.93. The highest BCUT2D eigenvalue weighted by atomic mass is 35.5. The van der Waals surface area contributed by atoms with Crippen LogP contribution < -0.4 is 0 Å². The van der Waals surface area contributed by atoms with Crippen molar-refractivity contribution in [2.45, 2.75) is 25.4 Å². The number of halogens is 5. The molecule has 0 aliphatic carbocycles. The summed E-state index contributed by atoms with van der Waals surface area (Å²) in [6.07, 6.45) is -5.81. The van der Waals surface area contributed by atoms with Crippen LogP contribution >= 0.6 is 23.2 Å². The molecule has 0 amide bonds. The number of esters is 1. The van der Waals surface area contributed by atoms with Gasteiger partial charge in [0, 0.05) is 10.0 Å². The third-order valence-electron chi connectivity index (χ3n) is 2.29. The Kier molecular flexibility index (Phi) is 5.50. The smallest absolute Gasteiger partial charge is 0.390 e. The fourth-order valence-electron chi connectivity index (χ4n) is 1.59. The van der Waals surface area contributed by atoms with Gasteiger partial charge in [-0.2, -0.15) is 13.2 Å². The third kappa shape index (κ3) is 5.28. The minimum atomic E-state index is -4.49. The molecule has 0 spiro atoms. The summed E-state index contributed by atoms with van der Waals surface area (Å²) in [6, 6.07) is 3.93. The minimum Gasteiger partial charge on any atom is -0.466 e. The van der Waals surface area contributed by atoms with Gasteiger partial charge in [0.2, 0.25) is 0 Å². The van der Waals surface area contributed by atoms with Gasteiger partial charge in [-0.3, -0.25) is 4.79 Å². The maximum Gasteiger partial charge on any atom is 0.390 e. The summed E-state index contributed by atoms with van der Waals surface area (Å²) < 4.78 is 42.2. The van der Waals surface area contributed by atoms with Crippen LogP contribution in [0.5, 0.6) is 0 Å². The molecule has 0 saturated carbocycles. The predicted molar refractivity (Wildman–Crippen MR) is 66.5 cm³/mol. The van der Waals surface area contributed by atoms with E-state index in [2.05, 4.69) is 4.74 Å². The monoisotopic (exact) mass is 314 g/mol. The molecular formula is C12H11Cl2F3O2. The quantitative estimate of drug-likeness (QED) is 0.760. The van der Waals surface area contributed by atoms with E-state index >= 15 is 0 Å². The van der Waals surface area contributed by atoms with E-state index in [4.69, 9.17) is 23.2 Å². The molecule has 0 heterocycles. The second-order valence-corrected chi connectivity index (χ2v) is 4.70. The second-order valence-electron chi connectivity index (χ2n) is 3.83. The van der Waals surface area contributed by atoms with Gasteiger partial charge in [-0.15, -0.1) is 0 Å². The first-order valence-corrected chi connectivity index (χ1v) is 6.18. The van der Waals surface area contributed by atoms with E-state index < -0.39 is 24.5 Å². The van der Waals surface area contributed by atoms with Crippen LogP contribution in [0.4, 0.5) is 13.2 Å². The van der Waals surface area contributed by atoms with Crippen LogP contribution in [0.15, 0.2) is 18.2 Å². The number of carbonyl (C=O) groups is 1. The average molecular weight is 315 g/mol. The van der Waals surface area contributed by atoms with Gasteiger partial charge in [-0.05, 0) is 30.7 Å². The minimum absolute atomic E-state index is 0.00148. The number of hydrogen-bond acceptors (Lipinski definition) is 2. The number of ether oxygens (including phenoxy) is 1. The highest BCUT2D eigenvalue weighted by Crippen LogP contribution is 2.34. The summed E-state index contributed by atoms with van der Waals surface area (Å²) in [6.45, 7) is 1.52. The van der Waals surface area contributed by atoms with Crippen LogP contribution in [0.2, 0.25) is 10.0 Å². The Morgan fingerprint density at radius 2 is 1.79 bits per heavy atom. The summed E-state index contributed by atoms with van der Waals surface area (Å²) in [5.74, 6) is -2.41. The molecule has 1 aromatic carbocycles. The Labute approximate surface area is 118 Å². The fraction of sp³-hybridized carbons (Fsp3) is 0.417. The summed E-state index contributed by atoms with van der Waals surface area (Å²) in [4.78, 5) is 11.6. The number of hydrogen-bond donors (Lipinski definition) is 0. The molecule has 0 aromatic heterocycles. The van der Waals surface area contributed by atoms with E-state index in [-0.39, 0.29) is 22.2 Å². The highest BCUT2D eigenvalue weighted by Gasteiger charge is 2.37. The number of alkyl halides is 3. The molecule has 0 fully saturated rings. The summed E-state index contributed by atoms with van der Waals surface area (Å²) in [7, 11) is 0. The SMILES string of the molecule is CCOC(=O)C(CC(F)(F)F)c1cc(Cl)cc(Cl)c1.